The first-order chi connectivity index (χ1) is 16.4. The highest BCUT2D eigenvalue weighted by atomic mass is 16.6. The van der Waals surface area contributed by atoms with Crippen LogP contribution in [0.2, 0.25) is 0 Å². The van der Waals surface area contributed by atoms with E-state index in [2.05, 4.69) is 10.6 Å². The fraction of sp³-hybridized carbons (Fsp3) is 0.577. The van der Waals surface area contributed by atoms with Crippen LogP contribution in [0, 0.1) is 5.92 Å². The lowest BCUT2D eigenvalue weighted by Gasteiger charge is -2.31. The highest BCUT2D eigenvalue weighted by Crippen LogP contribution is 2.30. The first-order valence-corrected chi connectivity index (χ1v) is 12.1. The second-order valence-electron chi connectivity index (χ2n) is 10.6. The number of amides is 3. The number of fused-ring (bicyclic) bond motifs is 1. The van der Waals surface area contributed by atoms with E-state index in [0.717, 1.165) is 23.8 Å². The summed E-state index contributed by atoms with van der Waals surface area (Å²) >= 11 is 0. The van der Waals surface area contributed by atoms with Gasteiger partial charge in [-0.15, -0.1) is 0 Å². The van der Waals surface area contributed by atoms with E-state index in [4.69, 9.17) is 9.15 Å². The molecule has 35 heavy (non-hydrogen) atoms. The second kappa shape index (κ2) is 10.6. The third kappa shape index (κ3) is 6.68. The molecule has 3 unspecified atom stereocenters. The quantitative estimate of drug-likeness (QED) is 0.547. The molecular weight excluding hydrogens is 450 g/mol. The summed E-state index contributed by atoms with van der Waals surface area (Å²) in [6.45, 7) is 11.2. The number of furan rings is 1. The fourth-order valence-electron chi connectivity index (χ4n) is 4.34. The van der Waals surface area contributed by atoms with Gasteiger partial charge in [-0.3, -0.25) is 9.59 Å². The number of nitrogens with one attached hydrogen (secondary N) is 2. The second-order valence-corrected chi connectivity index (χ2v) is 10.6. The maximum atomic E-state index is 13.5. The number of likely N-dealkylation sites (tertiary alicyclic amines) is 1. The van der Waals surface area contributed by atoms with Gasteiger partial charge >= 0.3 is 6.09 Å². The molecule has 9 nitrogen and oxygen atoms in total. The number of benzene rings is 1. The Morgan fingerprint density at radius 1 is 1.20 bits per heavy atom. The Morgan fingerprint density at radius 2 is 1.91 bits per heavy atom. The van der Waals surface area contributed by atoms with Crippen LogP contribution in [0.5, 0.6) is 5.75 Å². The van der Waals surface area contributed by atoms with Crippen molar-refractivity contribution in [1.29, 1.82) is 0 Å². The van der Waals surface area contributed by atoms with Crippen molar-refractivity contribution in [2.45, 2.75) is 84.5 Å². The van der Waals surface area contributed by atoms with Gasteiger partial charge in [-0.25, -0.2) is 4.79 Å². The number of carbonyl (C=O) groups is 3. The zero-order valence-corrected chi connectivity index (χ0v) is 21.4. The molecule has 1 aromatic carbocycles. The molecule has 2 heterocycles. The lowest BCUT2D eigenvalue weighted by Crippen LogP contribution is -2.56. The molecule has 3 N–H and O–H groups in total. The van der Waals surface area contributed by atoms with Crippen LogP contribution >= 0.6 is 0 Å². The summed E-state index contributed by atoms with van der Waals surface area (Å²) in [4.78, 5) is 40.2. The average molecular weight is 488 g/mol. The highest BCUT2D eigenvalue weighted by Gasteiger charge is 2.36. The Morgan fingerprint density at radius 3 is 2.57 bits per heavy atom. The molecule has 2 aromatic rings. The number of hydrogen-bond acceptors (Lipinski definition) is 6. The molecule has 1 aromatic heterocycles. The van der Waals surface area contributed by atoms with E-state index in [1.165, 1.54) is 0 Å². The van der Waals surface area contributed by atoms with Crippen molar-refractivity contribution in [1.82, 2.24) is 15.5 Å². The minimum atomic E-state index is -0.863. The van der Waals surface area contributed by atoms with Crippen LogP contribution in [0.4, 0.5) is 4.79 Å². The Bertz CT molecular complexity index is 1070. The topological polar surface area (TPSA) is 121 Å². The molecular formula is C26H37N3O6. The van der Waals surface area contributed by atoms with E-state index >= 15 is 0 Å². The maximum absolute atomic E-state index is 13.5. The molecule has 9 heteroatoms. The number of rotatable bonds is 7. The Labute approximate surface area is 206 Å². The lowest BCUT2D eigenvalue weighted by atomic mass is 9.99. The van der Waals surface area contributed by atoms with E-state index < -0.39 is 29.7 Å². The van der Waals surface area contributed by atoms with Gasteiger partial charge in [-0.2, -0.15) is 0 Å². The standard InChI is InChI=1S/C26H37N3O6/c1-15(2)22(28-23(31)16(3)27-25(33)35-26(4,5)6)24(32)29-11-7-8-18(29)12-17-14-34-21-10-9-19(30)13-20(17)21/h9-10,13-16,18,22,30H,7-8,11-12H2,1-6H3,(H,27,33)(H,28,31). The van der Waals surface area contributed by atoms with Gasteiger partial charge in [-0.05, 0) is 71.1 Å². The molecule has 3 rings (SSSR count). The molecule has 1 aliphatic heterocycles. The van der Waals surface area contributed by atoms with Crippen molar-refractivity contribution in [2.75, 3.05) is 6.54 Å². The van der Waals surface area contributed by atoms with Gasteiger partial charge in [0.05, 0.1) is 6.26 Å². The third-order valence-electron chi connectivity index (χ3n) is 6.11. The van der Waals surface area contributed by atoms with E-state index in [0.29, 0.717) is 18.5 Å². The molecule has 0 spiro atoms. The molecule has 1 aliphatic rings. The van der Waals surface area contributed by atoms with E-state index in [9.17, 15) is 19.5 Å². The number of nitrogens with zero attached hydrogens (tertiary/aromatic N) is 1. The van der Waals surface area contributed by atoms with Gasteiger partial charge < -0.3 is 29.8 Å². The predicted octanol–water partition coefficient (Wildman–Crippen LogP) is 3.73. The van der Waals surface area contributed by atoms with Gasteiger partial charge in [0, 0.05) is 23.5 Å². The largest absolute Gasteiger partial charge is 0.508 e. The van der Waals surface area contributed by atoms with Crippen LogP contribution in [0.15, 0.2) is 28.9 Å². The van der Waals surface area contributed by atoms with Crippen molar-refractivity contribution in [2.24, 2.45) is 5.92 Å². The summed E-state index contributed by atoms with van der Waals surface area (Å²) in [5, 5.41) is 16.0. The van der Waals surface area contributed by atoms with E-state index in [-0.39, 0.29) is 23.6 Å². The minimum absolute atomic E-state index is 0.0406. The fourth-order valence-corrected chi connectivity index (χ4v) is 4.34. The SMILES string of the molecule is CC(NC(=O)OC(C)(C)C)C(=O)NC(C(=O)N1CCCC1Cc1coc2ccc(O)cc12)C(C)C. The van der Waals surface area contributed by atoms with Crippen LogP contribution in [0.1, 0.15) is 59.9 Å². The van der Waals surface area contributed by atoms with Gasteiger partial charge in [0.15, 0.2) is 0 Å². The number of phenols is 1. The Kier molecular flexibility index (Phi) is 7.97. The molecule has 3 amide bonds. The first-order valence-electron chi connectivity index (χ1n) is 12.1. The third-order valence-corrected chi connectivity index (χ3v) is 6.11. The predicted molar refractivity (Wildman–Crippen MR) is 132 cm³/mol. The number of alkyl carbamates (subject to hydrolysis) is 1. The van der Waals surface area contributed by atoms with Crippen LogP contribution in [-0.2, 0) is 20.7 Å². The van der Waals surface area contributed by atoms with Gasteiger partial charge in [-0.1, -0.05) is 13.8 Å². The first kappa shape index (κ1) is 26.4. The van der Waals surface area contributed by atoms with Crippen molar-refractivity contribution in [3.63, 3.8) is 0 Å². The van der Waals surface area contributed by atoms with Gasteiger partial charge in [0.25, 0.3) is 0 Å². The van der Waals surface area contributed by atoms with Crippen molar-refractivity contribution < 1.29 is 28.6 Å². The van der Waals surface area contributed by atoms with Crippen LogP contribution in [0.25, 0.3) is 11.0 Å². The molecule has 0 saturated carbocycles. The lowest BCUT2D eigenvalue weighted by molar-refractivity contribution is -0.138. The van der Waals surface area contributed by atoms with Crippen LogP contribution in [0.3, 0.4) is 0 Å². The molecule has 0 radical (unpaired) electrons. The van der Waals surface area contributed by atoms with E-state index in [1.807, 2.05) is 18.7 Å². The number of ether oxygens (including phenoxy) is 1. The smallest absolute Gasteiger partial charge is 0.408 e. The summed E-state index contributed by atoms with van der Waals surface area (Å²) in [7, 11) is 0. The summed E-state index contributed by atoms with van der Waals surface area (Å²) < 4.78 is 10.8. The van der Waals surface area contributed by atoms with Crippen molar-refractivity contribution in [3.05, 3.63) is 30.0 Å². The van der Waals surface area contributed by atoms with Gasteiger partial charge in [0.1, 0.15) is 29.0 Å². The molecule has 1 saturated heterocycles. The number of hydrogen-bond donors (Lipinski definition) is 3. The number of carbonyl (C=O) groups excluding carboxylic acids is 3. The molecule has 3 atom stereocenters. The summed E-state index contributed by atoms with van der Waals surface area (Å²) in [5.41, 5.74) is 0.939. The molecule has 0 aliphatic carbocycles. The number of phenolic OH excluding ortho intramolecular Hbond substituents is 1. The Balaban J connectivity index is 1.67. The monoisotopic (exact) mass is 487 g/mol. The summed E-state index contributed by atoms with van der Waals surface area (Å²) in [6.07, 6.45) is 3.29. The van der Waals surface area contributed by atoms with Crippen LogP contribution < -0.4 is 10.6 Å². The highest BCUT2D eigenvalue weighted by molar-refractivity contribution is 5.91. The normalized spacial score (nSPS) is 17.9. The van der Waals surface area contributed by atoms with Crippen LogP contribution in [-0.4, -0.2) is 58.2 Å². The minimum Gasteiger partial charge on any atom is -0.508 e. The summed E-state index contributed by atoms with van der Waals surface area (Å²) in [5.74, 6) is -0.574. The summed E-state index contributed by atoms with van der Waals surface area (Å²) in [6, 6.07) is 3.35. The zero-order valence-electron chi connectivity index (χ0n) is 21.4. The Hall–Kier alpha value is -3.23. The molecule has 1 fully saturated rings. The molecule has 192 valence electrons. The van der Waals surface area contributed by atoms with Gasteiger partial charge in [0.2, 0.25) is 11.8 Å². The van der Waals surface area contributed by atoms with Crippen molar-refractivity contribution in [3.8, 4) is 5.75 Å². The maximum Gasteiger partial charge on any atom is 0.408 e. The number of aromatic hydroxyl groups is 1. The average Bonchev–Trinajstić information content (AvgIpc) is 3.37. The molecule has 0 bridgehead atoms. The zero-order chi connectivity index (χ0) is 25.9. The van der Waals surface area contributed by atoms with Crippen molar-refractivity contribution >= 4 is 28.9 Å². The van der Waals surface area contributed by atoms with E-state index in [1.54, 1.807) is 52.2 Å².